The van der Waals surface area contributed by atoms with Gasteiger partial charge in [0.2, 0.25) is 12.6 Å². The lowest BCUT2D eigenvalue weighted by atomic mass is 9.78. The number of rotatable bonds is 3. The quantitative estimate of drug-likeness (QED) is 0.772. The van der Waals surface area contributed by atoms with Crippen LogP contribution in [-0.2, 0) is 19.9 Å². The van der Waals surface area contributed by atoms with Gasteiger partial charge in [-0.1, -0.05) is 61.4 Å². The summed E-state index contributed by atoms with van der Waals surface area (Å²) < 4.78 is 20.4. The van der Waals surface area contributed by atoms with Gasteiger partial charge in [0.25, 0.3) is 0 Å². The molecular formula is C19H19FO3. The first-order valence-corrected chi connectivity index (χ1v) is 8.07. The van der Waals surface area contributed by atoms with Gasteiger partial charge in [-0.2, -0.15) is 4.89 Å². The fourth-order valence-electron chi connectivity index (χ4n) is 3.73. The van der Waals surface area contributed by atoms with Crippen LogP contribution in [0, 0.1) is 5.82 Å². The molecular weight excluding hydrogens is 295 g/mol. The summed E-state index contributed by atoms with van der Waals surface area (Å²) in [6.45, 7) is 0. The molecule has 2 aliphatic rings. The van der Waals surface area contributed by atoms with Gasteiger partial charge in [0.05, 0.1) is 5.41 Å². The van der Waals surface area contributed by atoms with Crippen LogP contribution in [0.1, 0.15) is 43.1 Å². The van der Waals surface area contributed by atoms with Crippen molar-refractivity contribution < 1.29 is 18.9 Å². The third-order valence-electron chi connectivity index (χ3n) is 4.91. The van der Waals surface area contributed by atoms with Crippen LogP contribution < -0.4 is 0 Å². The smallest absolute Gasteiger partial charge is 0.220 e. The van der Waals surface area contributed by atoms with Crippen LogP contribution in [0.15, 0.2) is 54.6 Å². The van der Waals surface area contributed by atoms with Gasteiger partial charge in [-0.15, -0.1) is 0 Å². The van der Waals surface area contributed by atoms with Gasteiger partial charge < -0.3 is 4.74 Å². The van der Waals surface area contributed by atoms with Crippen LogP contribution in [0.25, 0.3) is 0 Å². The third kappa shape index (κ3) is 2.57. The molecule has 0 spiro atoms. The second-order valence-electron chi connectivity index (χ2n) is 6.25. The van der Waals surface area contributed by atoms with Crippen LogP contribution in [0.4, 0.5) is 4.39 Å². The van der Waals surface area contributed by atoms with Crippen molar-refractivity contribution in [1.82, 2.24) is 0 Å². The number of hydrogen-bond donors (Lipinski definition) is 0. The lowest BCUT2D eigenvalue weighted by Gasteiger charge is -2.33. The van der Waals surface area contributed by atoms with Gasteiger partial charge in [0.15, 0.2) is 0 Å². The minimum atomic E-state index is -0.591. The number of halogens is 1. The van der Waals surface area contributed by atoms with Gasteiger partial charge in [-0.3, -0.25) is 0 Å². The molecule has 2 aromatic rings. The summed E-state index contributed by atoms with van der Waals surface area (Å²) in [6.07, 6.45) is 2.59. The van der Waals surface area contributed by atoms with Crippen molar-refractivity contribution in [2.24, 2.45) is 0 Å². The molecule has 23 heavy (non-hydrogen) atoms. The van der Waals surface area contributed by atoms with E-state index >= 15 is 0 Å². The Hall–Kier alpha value is -1.75. The van der Waals surface area contributed by atoms with Crippen LogP contribution in [0.5, 0.6) is 0 Å². The molecule has 3 nitrogen and oxygen atoms in total. The highest BCUT2D eigenvalue weighted by Gasteiger charge is 2.50. The zero-order chi connectivity index (χ0) is 15.7. The molecule has 1 aliphatic carbocycles. The monoisotopic (exact) mass is 314 g/mol. The van der Waals surface area contributed by atoms with E-state index in [0.29, 0.717) is 5.56 Å². The molecule has 0 bridgehead atoms. The average Bonchev–Trinajstić information content (AvgIpc) is 3.26. The Labute approximate surface area is 134 Å². The molecule has 0 amide bonds. The molecule has 4 heteroatoms. The summed E-state index contributed by atoms with van der Waals surface area (Å²) in [5.74, 6) is -0.204. The summed E-state index contributed by atoms with van der Waals surface area (Å²) in [5, 5.41) is 0. The molecule has 0 aromatic heterocycles. The minimum Gasteiger partial charge on any atom is -0.312 e. The minimum absolute atomic E-state index is 0.204. The number of ether oxygens (including phenoxy) is 1. The van der Waals surface area contributed by atoms with Crippen molar-refractivity contribution in [3.8, 4) is 0 Å². The second-order valence-corrected chi connectivity index (χ2v) is 6.25. The Bertz CT molecular complexity index is 667. The van der Waals surface area contributed by atoms with Crippen LogP contribution in [-0.4, -0.2) is 6.29 Å². The average molecular weight is 314 g/mol. The van der Waals surface area contributed by atoms with E-state index in [2.05, 4.69) is 0 Å². The zero-order valence-electron chi connectivity index (χ0n) is 12.8. The standard InChI is InChI=1S/C19H19FO3/c20-16-11-5-4-10-15(16)19(12-6-7-13-19)18-21-17(22-23-18)14-8-2-1-3-9-14/h1-5,8-11,17-18H,6-7,12-13H2. The van der Waals surface area contributed by atoms with E-state index in [1.54, 1.807) is 6.07 Å². The first kappa shape index (κ1) is 14.8. The summed E-state index contributed by atoms with van der Waals surface area (Å²) in [6, 6.07) is 16.6. The van der Waals surface area contributed by atoms with E-state index < -0.39 is 18.0 Å². The largest absolute Gasteiger partial charge is 0.312 e. The predicted octanol–water partition coefficient (Wildman–Crippen LogP) is 4.64. The lowest BCUT2D eigenvalue weighted by Crippen LogP contribution is -2.38. The fraction of sp³-hybridized carbons (Fsp3) is 0.368. The SMILES string of the molecule is Fc1ccccc1C1(C2OOC(c3ccccc3)O2)CCCC1. The normalized spacial score (nSPS) is 26.5. The van der Waals surface area contributed by atoms with E-state index in [9.17, 15) is 4.39 Å². The molecule has 2 fully saturated rings. The first-order chi connectivity index (χ1) is 11.3. The maximum absolute atomic E-state index is 14.4. The molecule has 2 unspecified atom stereocenters. The highest BCUT2D eigenvalue weighted by atomic mass is 19.1. The Morgan fingerprint density at radius 1 is 0.870 bits per heavy atom. The molecule has 1 saturated carbocycles. The van der Waals surface area contributed by atoms with E-state index in [0.717, 1.165) is 31.2 Å². The van der Waals surface area contributed by atoms with Crippen LogP contribution in [0.3, 0.4) is 0 Å². The molecule has 120 valence electrons. The maximum Gasteiger partial charge on any atom is 0.220 e. The highest BCUT2D eigenvalue weighted by molar-refractivity contribution is 5.30. The van der Waals surface area contributed by atoms with Crippen molar-refractivity contribution in [2.75, 3.05) is 0 Å². The third-order valence-corrected chi connectivity index (χ3v) is 4.91. The van der Waals surface area contributed by atoms with E-state index in [4.69, 9.17) is 14.5 Å². The molecule has 1 heterocycles. The molecule has 4 rings (SSSR count). The van der Waals surface area contributed by atoms with Gasteiger partial charge in [0, 0.05) is 5.56 Å². The fourth-order valence-corrected chi connectivity index (χ4v) is 3.73. The molecule has 1 saturated heterocycles. The van der Waals surface area contributed by atoms with Gasteiger partial charge in [-0.25, -0.2) is 9.28 Å². The van der Waals surface area contributed by atoms with Crippen molar-refractivity contribution in [3.63, 3.8) is 0 Å². The molecule has 0 radical (unpaired) electrons. The van der Waals surface area contributed by atoms with E-state index in [1.165, 1.54) is 6.07 Å². The lowest BCUT2D eigenvalue weighted by molar-refractivity contribution is -0.308. The zero-order valence-corrected chi connectivity index (χ0v) is 12.8. The highest BCUT2D eigenvalue weighted by Crippen LogP contribution is 2.49. The Morgan fingerprint density at radius 3 is 2.30 bits per heavy atom. The summed E-state index contributed by atoms with van der Waals surface area (Å²) in [5.41, 5.74) is 1.09. The molecule has 2 aromatic carbocycles. The van der Waals surface area contributed by atoms with Gasteiger partial charge >= 0.3 is 0 Å². The Kier molecular flexibility index (Phi) is 3.89. The number of hydrogen-bond acceptors (Lipinski definition) is 3. The van der Waals surface area contributed by atoms with Crippen molar-refractivity contribution >= 4 is 0 Å². The predicted molar refractivity (Wildman–Crippen MR) is 82.8 cm³/mol. The molecule has 1 aliphatic heterocycles. The van der Waals surface area contributed by atoms with Crippen LogP contribution >= 0.6 is 0 Å². The van der Waals surface area contributed by atoms with Gasteiger partial charge in [-0.05, 0) is 24.5 Å². The van der Waals surface area contributed by atoms with E-state index in [-0.39, 0.29) is 5.82 Å². The van der Waals surface area contributed by atoms with Crippen LogP contribution in [0.2, 0.25) is 0 Å². The maximum atomic E-state index is 14.4. The topological polar surface area (TPSA) is 27.7 Å². The Balaban J connectivity index is 1.64. The molecule has 0 N–H and O–H groups in total. The van der Waals surface area contributed by atoms with Crippen molar-refractivity contribution in [3.05, 3.63) is 71.5 Å². The van der Waals surface area contributed by atoms with E-state index in [1.807, 2.05) is 42.5 Å². The summed E-state index contributed by atoms with van der Waals surface area (Å²) in [7, 11) is 0. The summed E-state index contributed by atoms with van der Waals surface area (Å²) >= 11 is 0. The Morgan fingerprint density at radius 2 is 1.57 bits per heavy atom. The van der Waals surface area contributed by atoms with Crippen molar-refractivity contribution in [2.45, 2.75) is 43.7 Å². The summed E-state index contributed by atoms with van der Waals surface area (Å²) in [4.78, 5) is 10.9. The van der Waals surface area contributed by atoms with Gasteiger partial charge in [0.1, 0.15) is 5.82 Å². The first-order valence-electron chi connectivity index (χ1n) is 8.07. The van der Waals surface area contributed by atoms with Crippen molar-refractivity contribution in [1.29, 1.82) is 0 Å². The molecule has 2 atom stereocenters. The second kappa shape index (κ2) is 6.04. The number of benzene rings is 2.